The number of carbonyl (C=O) groups is 2. The Morgan fingerprint density at radius 3 is 2.71 bits per heavy atom. The highest BCUT2D eigenvalue weighted by Gasteiger charge is 2.22. The summed E-state index contributed by atoms with van der Waals surface area (Å²) < 4.78 is 1.40. The Labute approximate surface area is 124 Å². The van der Waals surface area contributed by atoms with Crippen molar-refractivity contribution in [3.05, 3.63) is 57.1 Å². The number of aliphatic carboxylic acids is 1. The number of pyridine rings is 1. The third kappa shape index (κ3) is 4.03. The number of aryl methyl sites for hydroxylation is 1. The molecule has 1 atom stereocenters. The molecule has 6 nitrogen and oxygen atoms in total. The molecule has 1 unspecified atom stereocenters. The molecule has 2 aromatic rings. The monoisotopic (exact) mass is 306 g/mol. The van der Waals surface area contributed by atoms with Gasteiger partial charge in [0.25, 0.3) is 5.56 Å². The molecule has 0 saturated carbocycles. The van der Waals surface area contributed by atoms with E-state index in [1.54, 1.807) is 35.8 Å². The zero-order valence-corrected chi connectivity index (χ0v) is 11.9. The second kappa shape index (κ2) is 6.85. The maximum absolute atomic E-state index is 11.9. The maximum atomic E-state index is 11.9. The Hall–Kier alpha value is -2.41. The standard InChI is InChI=1S/C14H14N2O4S/c17-11(6-8-16-7-2-1-5-12(16)18)15-13(14(19)20)10-4-3-9-21-10/h1-5,7,9,13H,6,8H2,(H,15,17)(H,19,20). The lowest BCUT2D eigenvalue weighted by atomic mass is 10.2. The largest absolute Gasteiger partial charge is 0.479 e. The third-order valence-electron chi connectivity index (χ3n) is 2.86. The van der Waals surface area contributed by atoms with Gasteiger partial charge >= 0.3 is 5.97 Å². The van der Waals surface area contributed by atoms with Crippen LogP contribution in [0.5, 0.6) is 0 Å². The summed E-state index contributed by atoms with van der Waals surface area (Å²) in [6, 6.07) is 7.06. The molecule has 0 aromatic carbocycles. The molecule has 2 heterocycles. The fourth-order valence-electron chi connectivity index (χ4n) is 1.81. The van der Waals surface area contributed by atoms with Crippen LogP contribution in [-0.2, 0) is 16.1 Å². The van der Waals surface area contributed by atoms with Crippen molar-refractivity contribution in [2.24, 2.45) is 0 Å². The second-order valence-electron chi connectivity index (χ2n) is 4.34. The number of nitrogens with zero attached hydrogens (tertiary/aromatic N) is 1. The Morgan fingerprint density at radius 2 is 2.10 bits per heavy atom. The Balaban J connectivity index is 1.96. The first kappa shape index (κ1) is 15.0. The average molecular weight is 306 g/mol. The molecule has 0 aliphatic heterocycles. The van der Waals surface area contributed by atoms with E-state index in [4.69, 9.17) is 5.11 Å². The van der Waals surface area contributed by atoms with E-state index in [-0.39, 0.29) is 18.5 Å². The molecule has 0 radical (unpaired) electrons. The topological polar surface area (TPSA) is 88.4 Å². The van der Waals surface area contributed by atoms with Gasteiger partial charge in [-0.25, -0.2) is 4.79 Å². The molecule has 21 heavy (non-hydrogen) atoms. The van der Waals surface area contributed by atoms with Gasteiger partial charge in [-0.2, -0.15) is 0 Å². The van der Waals surface area contributed by atoms with Crippen molar-refractivity contribution >= 4 is 23.2 Å². The van der Waals surface area contributed by atoms with Crippen molar-refractivity contribution in [1.29, 1.82) is 0 Å². The lowest BCUT2D eigenvalue weighted by Crippen LogP contribution is -2.34. The van der Waals surface area contributed by atoms with Gasteiger partial charge in [-0.1, -0.05) is 12.1 Å². The van der Waals surface area contributed by atoms with Crippen molar-refractivity contribution in [2.75, 3.05) is 0 Å². The average Bonchev–Trinajstić information content (AvgIpc) is 2.97. The molecule has 0 aliphatic rings. The fourth-order valence-corrected chi connectivity index (χ4v) is 2.58. The Bertz CT molecular complexity index is 678. The minimum atomic E-state index is -1.11. The zero-order chi connectivity index (χ0) is 15.2. The number of carbonyl (C=O) groups excluding carboxylic acids is 1. The van der Waals surface area contributed by atoms with Crippen LogP contribution in [0.15, 0.2) is 46.7 Å². The van der Waals surface area contributed by atoms with Crippen LogP contribution in [0.2, 0.25) is 0 Å². The molecule has 2 rings (SSSR count). The third-order valence-corrected chi connectivity index (χ3v) is 3.80. The summed E-state index contributed by atoms with van der Waals surface area (Å²) in [6.07, 6.45) is 1.63. The SMILES string of the molecule is O=C(CCn1ccccc1=O)NC(C(=O)O)c1cccs1. The van der Waals surface area contributed by atoms with Gasteiger partial charge < -0.3 is 15.0 Å². The summed E-state index contributed by atoms with van der Waals surface area (Å²) >= 11 is 1.27. The van der Waals surface area contributed by atoms with Gasteiger partial charge in [-0.3, -0.25) is 9.59 Å². The number of rotatable bonds is 6. The summed E-state index contributed by atoms with van der Waals surface area (Å²) in [6.45, 7) is 0.211. The quantitative estimate of drug-likeness (QED) is 0.840. The molecule has 0 spiro atoms. The summed E-state index contributed by atoms with van der Waals surface area (Å²) in [5.74, 6) is -1.52. The van der Waals surface area contributed by atoms with Gasteiger partial charge in [-0.05, 0) is 17.5 Å². The first-order valence-electron chi connectivity index (χ1n) is 6.29. The van der Waals surface area contributed by atoms with Crippen molar-refractivity contribution in [2.45, 2.75) is 19.0 Å². The van der Waals surface area contributed by atoms with E-state index in [1.807, 2.05) is 0 Å². The molecule has 110 valence electrons. The van der Waals surface area contributed by atoms with E-state index in [9.17, 15) is 14.4 Å². The van der Waals surface area contributed by atoms with Crippen LogP contribution < -0.4 is 10.9 Å². The van der Waals surface area contributed by atoms with Gasteiger partial charge in [0.1, 0.15) is 0 Å². The van der Waals surface area contributed by atoms with Crippen LogP contribution in [0.4, 0.5) is 0 Å². The lowest BCUT2D eigenvalue weighted by molar-refractivity contribution is -0.142. The van der Waals surface area contributed by atoms with Crippen molar-refractivity contribution < 1.29 is 14.7 Å². The smallest absolute Gasteiger partial charge is 0.331 e. The number of amides is 1. The summed E-state index contributed by atoms with van der Waals surface area (Å²) in [5.41, 5.74) is -0.196. The van der Waals surface area contributed by atoms with E-state index < -0.39 is 17.9 Å². The Morgan fingerprint density at radius 1 is 1.29 bits per heavy atom. The predicted molar refractivity (Wildman–Crippen MR) is 78.2 cm³/mol. The fraction of sp³-hybridized carbons (Fsp3) is 0.214. The number of hydrogen-bond acceptors (Lipinski definition) is 4. The minimum Gasteiger partial charge on any atom is -0.479 e. The van der Waals surface area contributed by atoms with Gasteiger partial charge in [0, 0.05) is 30.1 Å². The molecule has 0 aliphatic carbocycles. The van der Waals surface area contributed by atoms with E-state index >= 15 is 0 Å². The van der Waals surface area contributed by atoms with E-state index in [0.717, 1.165) is 0 Å². The summed E-state index contributed by atoms with van der Waals surface area (Å²) in [4.78, 5) is 35.1. The molecule has 0 saturated heterocycles. The van der Waals surface area contributed by atoms with Gasteiger partial charge in [0.15, 0.2) is 6.04 Å². The number of aromatic nitrogens is 1. The van der Waals surface area contributed by atoms with Crippen molar-refractivity contribution in [1.82, 2.24) is 9.88 Å². The van der Waals surface area contributed by atoms with E-state index in [2.05, 4.69) is 5.32 Å². The molecule has 2 aromatic heterocycles. The van der Waals surface area contributed by atoms with Crippen LogP contribution in [-0.4, -0.2) is 21.6 Å². The molecule has 7 heteroatoms. The highest BCUT2D eigenvalue weighted by Crippen LogP contribution is 2.19. The first-order valence-corrected chi connectivity index (χ1v) is 7.17. The lowest BCUT2D eigenvalue weighted by Gasteiger charge is -2.13. The van der Waals surface area contributed by atoms with Crippen LogP contribution in [0, 0.1) is 0 Å². The highest BCUT2D eigenvalue weighted by molar-refractivity contribution is 7.10. The number of nitrogens with one attached hydrogen (secondary N) is 1. The van der Waals surface area contributed by atoms with Gasteiger partial charge in [0.05, 0.1) is 0 Å². The van der Waals surface area contributed by atoms with Crippen LogP contribution in [0.1, 0.15) is 17.3 Å². The number of carboxylic acid groups (broad SMARTS) is 1. The number of carboxylic acids is 1. The van der Waals surface area contributed by atoms with Crippen LogP contribution in [0.25, 0.3) is 0 Å². The molecule has 2 N–H and O–H groups in total. The van der Waals surface area contributed by atoms with Crippen molar-refractivity contribution in [3.63, 3.8) is 0 Å². The van der Waals surface area contributed by atoms with Crippen LogP contribution in [0.3, 0.4) is 0 Å². The highest BCUT2D eigenvalue weighted by atomic mass is 32.1. The van der Waals surface area contributed by atoms with E-state index in [1.165, 1.54) is 22.0 Å². The zero-order valence-electron chi connectivity index (χ0n) is 11.1. The molecule has 0 fully saturated rings. The number of hydrogen-bond donors (Lipinski definition) is 2. The van der Waals surface area contributed by atoms with E-state index in [0.29, 0.717) is 4.88 Å². The second-order valence-corrected chi connectivity index (χ2v) is 5.32. The predicted octanol–water partition coefficient (Wildman–Crippen LogP) is 1.24. The molecule has 0 bridgehead atoms. The summed E-state index contributed by atoms with van der Waals surface area (Å²) in [5, 5.41) is 13.4. The van der Waals surface area contributed by atoms with Gasteiger partial charge in [-0.15, -0.1) is 11.3 Å². The maximum Gasteiger partial charge on any atom is 0.331 e. The Kier molecular flexibility index (Phi) is 4.89. The molecular weight excluding hydrogens is 292 g/mol. The number of thiophene rings is 1. The molecule has 1 amide bonds. The van der Waals surface area contributed by atoms with Crippen LogP contribution >= 0.6 is 11.3 Å². The van der Waals surface area contributed by atoms with Gasteiger partial charge in [0.2, 0.25) is 5.91 Å². The molecular formula is C14H14N2O4S. The minimum absolute atomic E-state index is 0.0407. The summed E-state index contributed by atoms with van der Waals surface area (Å²) in [7, 11) is 0. The normalized spacial score (nSPS) is 11.8. The first-order chi connectivity index (χ1) is 10.1. The van der Waals surface area contributed by atoms with Crippen molar-refractivity contribution in [3.8, 4) is 0 Å².